The average molecular weight is 156 g/mol. The molecule has 0 aromatic rings. The molecule has 0 aliphatic carbocycles. The second kappa shape index (κ2) is 5.11. The number of nitrogens with zero attached hydrogens (tertiary/aromatic N) is 1. The second-order valence-electron chi connectivity index (χ2n) is 1.72. The molecule has 10 heavy (non-hydrogen) atoms. The Morgan fingerprint density at radius 2 is 2.30 bits per heavy atom. The van der Waals surface area contributed by atoms with Gasteiger partial charge in [-0.15, -0.1) is 12.6 Å². The zero-order valence-corrected chi connectivity index (χ0v) is 7.15. The summed E-state index contributed by atoms with van der Waals surface area (Å²) in [4.78, 5) is 4.76. The van der Waals surface area contributed by atoms with Gasteiger partial charge >= 0.3 is 0 Å². The van der Waals surface area contributed by atoms with Crippen LogP contribution in [0.1, 0.15) is 6.92 Å². The van der Waals surface area contributed by atoms with Crippen molar-refractivity contribution < 1.29 is 0 Å². The highest BCUT2D eigenvalue weighted by Crippen LogP contribution is 2.01. The molecule has 0 rings (SSSR count). The Bertz CT molecular complexity index is 170. The number of aliphatic imine (C=N–C) groups is 1. The van der Waals surface area contributed by atoms with Gasteiger partial charge in [-0.25, -0.2) is 0 Å². The smallest absolute Gasteiger partial charge is 0.0520 e. The summed E-state index contributed by atoms with van der Waals surface area (Å²) in [7, 11) is 1.82. The van der Waals surface area contributed by atoms with Crippen molar-refractivity contribution >= 4 is 18.3 Å². The van der Waals surface area contributed by atoms with Crippen LogP contribution in [0.15, 0.2) is 28.9 Å². The first kappa shape index (κ1) is 9.30. The van der Waals surface area contributed by atoms with E-state index < -0.39 is 0 Å². The molecule has 0 aliphatic heterocycles. The summed E-state index contributed by atoms with van der Waals surface area (Å²) in [6, 6.07) is 0. The number of thiol groups is 1. The summed E-state index contributed by atoms with van der Waals surface area (Å²) >= 11 is 4.16. The summed E-state index contributed by atoms with van der Waals surface area (Å²) in [5.41, 5.74) is 0.854. The molecule has 0 radical (unpaired) electrons. The molecule has 0 saturated heterocycles. The maximum absolute atomic E-state index is 4.16. The molecular weight excluding hydrogens is 144 g/mol. The van der Waals surface area contributed by atoms with Crippen molar-refractivity contribution in [2.45, 2.75) is 6.92 Å². The predicted molar refractivity (Wildman–Crippen MR) is 49.4 cm³/mol. The molecule has 0 aromatic heterocycles. The Labute approximate surface area is 67.1 Å². The standard InChI is InChI=1S/C7H12N2S/c1-4-9-6(2)7(10)5-8-3/h4-5,8,10H,1H2,2-3H3/b7-5+,9-6+. The monoisotopic (exact) mass is 156 g/mol. The van der Waals surface area contributed by atoms with Crippen LogP contribution < -0.4 is 5.32 Å². The summed E-state index contributed by atoms with van der Waals surface area (Å²) in [6.07, 6.45) is 3.26. The molecule has 0 atom stereocenters. The molecule has 0 aliphatic rings. The fourth-order valence-electron chi connectivity index (χ4n) is 0.444. The zero-order valence-electron chi connectivity index (χ0n) is 6.26. The lowest BCUT2D eigenvalue weighted by Gasteiger charge is -1.96. The zero-order chi connectivity index (χ0) is 7.98. The molecule has 2 nitrogen and oxygen atoms in total. The minimum atomic E-state index is 0.822. The van der Waals surface area contributed by atoms with Crippen LogP contribution in [0.3, 0.4) is 0 Å². The highest BCUT2D eigenvalue weighted by Gasteiger charge is 1.91. The molecule has 0 amide bonds. The third-order valence-corrected chi connectivity index (χ3v) is 1.39. The summed E-state index contributed by atoms with van der Waals surface area (Å²) in [6.45, 7) is 5.35. The van der Waals surface area contributed by atoms with E-state index in [0.717, 1.165) is 10.6 Å². The highest BCUT2D eigenvalue weighted by molar-refractivity contribution is 7.85. The van der Waals surface area contributed by atoms with Crippen LogP contribution in [0.5, 0.6) is 0 Å². The predicted octanol–water partition coefficient (Wildman–Crippen LogP) is 1.58. The maximum Gasteiger partial charge on any atom is 0.0520 e. The van der Waals surface area contributed by atoms with Crippen LogP contribution in [-0.2, 0) is 0 Å². The van der Waals surface area contributed by atoms with E-state index in [1.807, 2.05) is 14.0 Å². The third-order valence-electron chi connectivity index (χ3n) is 0.937. The Balaban J connectivity index is 4.19. The molecule has 0 bridgehead atoms. The van der Waals surface area contributed by atoms with Gasteiger partial charge in [0, 0.05) is 24.4 Å². The number of hydrogen-bond donors (Lipinski definition) is 2. The van der Waals surface area contributed by atoms with Crippen molar-refractivity contribution in [3.63, 3.8) is 0 Å². The maximum atomic E-state index is 4.16. The lowest BCUT2D eigenvalue weighted by atomic mass is 10.4. The van der Waals surface area contributed by atoms with Crippen LogP contribution in [0.25, 0.3) is 0 Å². The fraction of sp³-hybridized carbons (Fsp3) is 0.286. The van der Waals surface area contributed by atoms with Crippen molar-refractivity contribution in [1.82, 2.24) is 5.32 Å². The number of nitrogens with one attached hydrogen (secondary N) is 1. The van der Waals surface area contributed by atoms with Gasteiger partial charge in [0.2, 0.25) is 0 Å². The van der Waals surface area contributed by atoms with Crippen LogP contribution in [-0.4, -0.2) is 12.8 Å². The molecule has 0 spiro atoms. The van der Waals surface area contributed by atoms with Gasteiger partial charge < -0.3 is 5.32 Å². The Morgan fingerprint density at radius 3 is 2.70 bits per heavy atom. The van der Waals surface area contributed by atoms with E-state index in [-0.39, 0.29) is 0 Å². The Kier molecular flexibility index (Phi) is 4.76. The van der Waals surface area contributed by atoms with E-state index in [9.17, 15) is 0 Å². The second-order valence-corrected chi connectivity index (χ2v) is 2.20. The van der Waals surface area contributed by atoms with Gasteiger partial charge in [0.25, 0.3) is 0 Å². The first-order chi connectivity index (χ1) is 4.72. The van der Waals surface area contributed by atoms with Gasteiger partial charge in [0.15, 0.2) is 0 Å². The normalized spacial score (nSPS) is 13.1. The van der Waals surface area contributed by atoms with E-state index >= 15 is 0 Å². The van der Waals surface area contributed by atoms with Gasteiger partial charge in [-0.1, -0.05) is 6.58 Å². The van der Waals surface area contributed by atoms with Crippen molar-refractivity contribution in [2.75, 3.05) is 7.05 Å². The molecule has 0 aromatic carbocycles. The van der Waals surface area contributed by atoms with Crippen LogP contribution in [0.4, 0.5) is 0 Å². The SMILES string of the molecule is C=C/N=C(C)/C(S)=C\NC. The molecule has 1 N–H and O–H groups in total. The summed E-state index contributed by atoms with van der Waals surface area (Å²) in [5, 5.41) is 2.85. The molecule has 56 valence electrons. The minimum Gasteiger partial charge on any atom is -0.393 e. The Morgan fingerprint density at radius 1 is 1.70 bits per heavy atom. The number of rotatable bonds is 3. The molecule has 0 fully saturated rings. The average Bonchev–Trinajstić information content (AvgIpc) is 1.89. The van der Waals surface area contributed by atoms with Gasteiger partial charge in [0.05, 0.1) is 5.71 Å². The summed E-state index contributed by atoms with van der Waals surface area (Å²) in [5.74, 6) is 0. The lowest BCUT2D eigenvalue weighted by Crippen LogP contribution is -1.98. The molecule has 0 unspecified atom stereocenters. The van der Waals surface area contributed by atoms with Crippen LogP contribution in [0, 0.1) is 0 Å². The van der Waals surface area contributed by atoms with Crippen molar-refractivity contribution in [3.8, 4) is 0 Å². The molecular formula is C7H12N2S. The quantitative estimate of drug-likeness (QED) is 0.470. The largest absolute Gasteiger partial charge is 0.393 e. The third kappa shape index (κ3) is 3.35. The Hall–Kier alpha value is -0.700. The fourth-order valence-corrected chi connectivity index (χ4v) is 0.631. The molecule has 3 heteroatoms. The van der Waals surface area contributed by atoms with Crippen molar-refractivity contribution in [2.24, 2.45) is 4.99 Å². The van der Waals surface area contributed by atoms with E-state index in [0.29, 0.717) is 0 Å². The van der Waals surface area contributed by atoms with Crippen LogP contribution in [0.2, 0.25) is 0 Å². The van der Waals surface area contributed by atoms with Crippen molar-refractivity contribution in [3.05, 3.63) is 23.9 Å². The van der Waals surface area contributed by atoms with Gasteiger partial charge in [-0.3, -0.25) is 4.99 Å². The van der Waals surface area contributed by atoms with Gasteiger partial charge in [-0.2, -0.15) is 0 Å². The minimum absolute atomic E-state index is 0.822. The lowest BCUT2D eigenvalue weighted by molar-refractivity contribution is 1.10. The number of allylic oxidation sites excluding steroid dienone is 1. The van der Waals surface area contributed by atoms with Gasteiger partial charge in [0.1, 0.15) is 0 Å². The molecule has 0 saturated carbocycles. The number of hydrogen-bond acceptors (Lipinski definition) is 3. The summed E-state index contributed by atoms with van der Waals surface area (Å²) < 4.78 is 0. The first-order valence-electron chi connectivity index (χ1n) is 2.94. The van der Waals surface area contributed by atoms with E-state index in [4.69, 9.17) is 0 Å². The van der Waals surface area contributed by atoms with E-state index in [1.54, 1.807) is 6.20 Å². The van der Waals surface area contributed by atoms with E-state index in [2.05, 4.69) is 29.5 Å². The first-order valence-corrected chi connectivity index (χ1v) is 3.39. The van der Waals surface area contributed by atoms with Crippen LogP contribution >= 0.6 is 12.6 Å². The molecule has 0 heterocycles. The topological polar surface area (TPSA) is 24.4 Å². The highest BCUT2D eigenvalue weighted by atomic mass is 32.1. The van der Waals surface area contributed by atoms with Crippen molar-refractivity contribution in [1.29, 1.82) is 0 Å². The van der Waals surface area contributed by atoms with Gasteiger partial charge in [-0.05, 0) is 6.92 Å². The van der Waals surface area contributed by atoms with E-state index in [1.165, 1.54) is 6.20 Å².